The van der Waals surface area contributed by atoms with Crippen LogP contribution in [0.15, 0.2) is 77.9 Å². The van der Waals surface area contributed by atoms with Gasteiger partial charge in [0.2, 0.25) is 0 Å². The first-order valence-corrected chi connectivity index (χ1v) is 8.80. The summed E-state index contributed by atoms with van der Waals surface area (Å²) in [5, 5.41) is 33.9. The highest BCUT2D eigenvalue weighted by atomic mass is 16.3. The molecule has 28 heavy (non-hydrogen) atoms. The lowest BCUT2D eigenvalue weighted by molar-refractivity contribution is 0.450. The van der Waals surface area contributed by atoms with Gasteiger partial charge in [-0.3, -0.25) is 5.43 Å². The molecule has 0 saturated heterocycles. The fraction of sp³-hybridized carbons (Fsp3) is 0.0455. The van der Waals surface area contributed by atoms with Crippen LogP contribution in [0, 0.1) is 0 Å². The Balaban J connectivity index is 1.61. The number of fused-ring (bicyclic) bond motifs is 1. The molecule has 0 atom stereocenters. The van der Waals surface area contributed by atoms with Crippen LogP contribution in [0.1, 0.15) is 16.8 Å². The van der Waals surface area contributed by atoms with E-state index in [1.165, 1.54) is 23.9 Å². The summed E-state index contributed by atoms with van der Waals surface area (Å²) < 4.78 is 0. The van der Waals surface area contributed by atoms with Crippen molar-refractivity contribution in [3.05, 3.63) is 89.6 Å². The van der Waals surface area contributed by atoms with E-state index in [1.807, 2.05) is 42.5 Å². The Morgan fingerprint density at radius 2 is 1.61 bits per heavy atom. The van der Waals surface area contributed by atoms with Crippen molar-refractivity contribution in [3.8, 4) is 11.5 Å². The molecule has 1 heterocycles. The van der Waals surface area contributed by atoms with E-state index in [-0.39, 0.29) is 11.5 Å². The third-order valence-electron chi connectivity index (χ3n) is 4.37. The molecule has 0 bridgehead atoms. The second kappa shape index (κ2) is 7.75. The first kappa shape index (κ1) is 17.5. The summed E-state index contributed by atoms with van der Waals surface area (Å²) in [5.41, 5.74) is 5.43. The number of aromatic hydroxyl groups is 2. The van der Waals surface area contributed by atoms with Crippen molar-refractivity contribution in [2.24, 2.45) is 5.10 Å². The lowest BCUT2D eigenvalue weighted by atomic mass is 10.0. The molecule has 6 heteroatoms. The second-order valence-electron chi connectivity index (χ2n) is 6.32. The number of phenolic OH excluding ortho intramolecular Hbond substituents is 2. The Morgan fingerprint density at radius 1 is 0.857 bits per heavy atom. The molecule has 0 spiro atoms. The Labute approximate surface area is 161 Å². The first-order valence-electron chi connectivity index (χ1n) is 8.80. The van der Waals surface area contributed by atoms with Gasteiger partial charge in [-0.05, 0) is 17.7 Å². The molecule has 0 unspecified atom stereocenters. The van der Waals surface area contributed by atoms with Crippen molar-refractivity contribution in [1.82, 2.24) is 10.2 Å². The normalized spacial score (nSPS) is 11.1. The minimum atomic E-state index is -0.0558. The van der Waals surface area contributed by atoms with Crippen LogP contribution in [0.2, 0.25) is 0 Å². The molecule has 0 saturated carbocycles. The predicted molar refractivity (Wildman–Crippen MR) is 110 cm³/mol. The van der Waals surface area contributed by atoms with Crippen molar-refractivity contribution in [3.63, 3.8) is 0 Å². The Bertz CT molecular complexity index is 1140. The number of phenols is 2. The van der Waals surface area contributed by atoms with Gasteiger partial charge in [0, 0.05) is 28.8 Å². The molecular weight excluding hydrogens is 352 g/mol. The van der Waals surface area contributed by atoms with Crippen LogP contribution in [0.4, 0.5) is 5.82 Å². The number of hydrazone groups is 1. The molecule has 6 nitrogen and oxygen atoms in total. The average molecular weight is 370 g/mol. The topological polar surface area (TPSA) is 90.6 Å². The van der Waals surface area contributed by atoms with Crippen molar-refractivity contribution in [2.45, 2.75) is 6.42 Å². The molecule has 3 N–H and O–H groups in total. The molecule has 4 rings (SSSR count). The highest BCUT2D eigenvalue weighted by Crippen LogP contribution is 2.25. The summed E-state index contributed by atoms with van der Waals surface area (Å²) in [6, 6.07) is 22.3. The smallest absolute Gasteiger partial charge is 0.176 e. The summed E-state index contributed by atoms with van der Waals surface area (Å²) >= 11 is 0. The summed E-state index contributed by atoms with van der Waals surface area (Å²) in [7, 11) is 0. The lowest BCUT2D eigenvalue weighted by Crippen LogP contribution is -2.02. The van der Waals surface area contributed by atoms with E-state index in [9.17, 15) is 10.2 Å². The maximum Gasteiger partial charge on any atom is 0.176 e. The van der Waals surface area contributed by atoms with Gasteiger partial charge in [0.05, 0.1) is 11.9 Å². The largest absolute Gasteiger partial charge is 0.508 e. The maximum absolute atomic E-state index is 9.83. The number of rotatable bonds is 5. The molecule has 0 radical (unpaired) electrons. The Kier molecular flexibility index (Phi) is 4.84. The van der Waals surface area contributed by atoms with Gasteiger partial charge in [-0.25, -0.2) is 0 Å². The number of hydrogen-bond acceptors (Lipinski definition) is 6. The SMILES string of the molecule is Oc1ccc(/C=N\Nc2nnc(Cc3ccccc3)c3ccccc23)c(O)c1. The Morgan fingerprint density at radius 3 is 2.39 bits per heavy atom. The second-order valence-corrected chi connectivity index (χ2v) is 6.32. The molecule has 0 aliphatic rings. The molecule has 138 valence electrons. The van der Waals surface area contributed by atoms with Crippen LogP contribution >= 0.6 is 0 Å². The van der Waals surface area contributed by atoms with Crippen molar-refractivity contribution in [2.75, 3.05) is 5.43 Å². The third-order valence-corrected chi connectivity index (χ3v) is 4.37. The predicted octanol–water partition coefficient (Wildman–Crippen LogP) is 4.08. The fourth-order valence-corrected chi connectivity index (χ4v) is 2.97. The number of hydrogen-bond donors (Lipinski definition) is 3. The summed E-state index contributed by atoms with van der Waals surface area (Å²) in [5.74, 6) is 0.468. The average Bonchev–Trinajstić information content (AvgIpc) is 2.72. The van der Waals surface area contributed by atoms with Crippen molar-refractivity contribution in [1.29, 1.82) is 0 Å². The number of benzene rings is 3. The summed E-state index contributed by atoms with van der Waals surface area (Å²) in [6.45, 7) is 0. The van der Waals surface area contributed by atoms with Crippen LogP contribution < -0.4 is 5.43 Å². The van der Waals surface area contributed by atoms with Gasteiger partial charge in [0.25, 0.3) is 0 Å². The molecule has 0 aliphatic carbocycles. The van der Waals surface area contributed by atoms with E-state index in [0.717, 1.165) is 16.5 Å². The molecule has 0 amide bonds. The monoisotopic (exact) mass is 370 g/mol. The van der Waals surface area contributed by atoms with Gasteiger partial charge in [-0.15, -0.1) is 5.10 Å². The van der Waals surface area contributed by atoms with E-state index >= 15 is 0 Å². The van der Waals surface area contributed by atoms with Gasteiger partial charge in [-0.1, -0.05) is 54.6 Å². The van der Waals surface area contributed by atoms with Crippen LogP contribution in [0.25, 0.3) is 10.8 Å². The van der Waals surface area contributed by atoms with E-state index in [4.69, 9.17) is 0 Å². The van der Waals surface area contributed by atoms with E-state index in [1.54, 1.807) is 6.07 Å². The maximum atomic E-state index is 9.83. The number of anilines is 1. The zero-order valence-corrected chi connectivity index (χ0v) is 14.9. The minimum Gasteiger partial charge on any atom is -0.508 e. The fourth-order valence-electron chi connectivity index (χ4n) is 2.97. The van der Waals surface area contributed by atoms with Gasteiger partial charge >= 0.3 is 0 Å². The lowest BCUT2D eigenvalue weighted by Gasteiger charge is -2.09. The quantitative estimate of drug-likeness (QED) is 0.364. The minimum absolute atomic E-state index is 0.00604. The highest BCUT2D eigenvalue weighted by molar-refractivity contribution is 5.93. The zero-order chi connectivity index (χ0) is 19.3. The van der Waals surface area contributed by atoms with E-state index < -0.39 is 0 Å². The van der Waals surface area contributed by atoms with Gasteiger partial charge in [-0.2, -0.15) is 10.2 Å². The van der Waals surface area contributed by atoms with Crippen LogP contribution in [-0.4, -0.2) is 26.6 Å². The molecule has 3 aromatic carbocycles. The molecule has 0 aliphatic heterocycles. The summed E-state index contributed by atoms with van der Waals surface area (Å²) in [4.78, 5) is 0. The van der Waals surface area contributed by atoms with Gasteiger partial charge in [0.1, 0.15) is 11.5 Å². The number of aromatic nitrogens is 2. The molecule has 4 aromatic rings. The first-order chi connectivity index (χ1) is 13.7. The van der Waals surface area contributed by atoms with Crippen molar-refractivity contribution < 1.29 is 10.2 Å². The third kappa shape index (κ3) is 3.76. The standard InChI is InChI=1S/C22H18N4O2/c27-17-11-10-16(21(28)13-17)14-23-25-22-19-9-5-4-8-18(19)20(24-26-22)12-15-6-2-1-3-7-15/h1-11,13-14,27-28H,12H2,(H,25,26)/b23-14-. The molecule has 0 fully saturated rings. The van der Waals surface area contributed by atoms with E-state index in [2.05, 4.69) is 32.9 Å². The van der Waals surface area contributed by atoms with E-state index in [0.29, 0.717) is 17.8 Å². The number of nitrogens with one attached hydrogen (secondary N) is 1. The van der Waals surface area contributed by atoms with Crippen molar-refractivity contribution >= 4 is 22.8 Å². The van der Waals surface area contributed by atoms with Crippen LogP contribution in [-0.2, 0) is 6.42 Å². The highest BCUT2D eigenvalue weighted by Gasteiger charge is 2.09. The number of nitrogens with zero attached hydrogens (tertiary/aromatic N) is 3. The van der Waals surface area contributed by atoms with Crippen LogP contribution in [0.5, 0.6) is 11.5 Å². The Hall–Kier alpha value is -3.93. The summed E-state index contributed by atoms with van der Waals surface area (Å²) in [6.07, 6.45) is 2.16. The molecular formula is C22H18N4O2. The molecule has 1 aromatic heterocycles. The van der Waals surface area contributed by atoms with Gasteiger partial charge in [0.15, 0.2) is 5.82 Å². The van der Waals surface area contributed by atoms with Gasteiger partial charge < -0.3 is 10.2 Å². The van der Waals surface area contributed by atoms with Crippen LogP contribution in [0.3, 0.4) is 0 Å². The zero-order valence-electron chi connectivity index (χ0n) is 14.9.